The molecule has 1 saturated carbocycles. The molecule has 0 saturated heterocycles. The Morgan fingerprint density at radius 2 is 2.11 bits per heavy atom. The molecular formula is C14H19BrFNO. The van der Waals surface area contributed by atoms with E-state index in [0.29, 0.717) is 18.4 Å². The van der Waals surface area contributed by atoms with Crippen molar-refractivity contribution in [2.75, 3.05) is 13.2 Å². The van der Waals surface area contributed by atoms with Crippen LogP contribution in [-0.4, -0.2) is 19.2 Å². The normalized spacial score (nSPS) is 16.1. The highest BCUT2D eigenvalue weighted by molar-refractivity contribution is 9.10. The van der Waals surface area contributed by atoms with Gasteiger partial charge in [-0.2, -0.15) is 0 Å². The maximum atomic E-state index is 13.4. The minimum atomic E-state index is -0.304. The largest absolute Gasteiger partial charge is 0.490 e. The van der Waals surface area contributed by atoms with Gasteiger partial charge in [0.25, 0.3) is 0 Å². The van der Waals surface area contributed by atoms with E-state index in [0.717, 1.165) is 17.4 Å². The molecule has 0 aliphatic heterocycles. The molecule has 0 aromatic heterocycles. The van der Waals surface area contributed by atoms with Crippen molar-refractivity contribution in [2.45, 2.75) is 38.1 Å². The second kappa shape index (κ2) is 7.10. The molecule has 18 heavy (non-hydrogen) atoms. The highest BCUT2D eigenvalue weighted by Crippen LogP contribution is 2.22. The molecule has 2 rings (SSSR count). The second-order valence-corrected chi connectivity index (χ2v) is 5.63. The molecular weight excluding hydrogens is 297 g/mol. The molecule has 0 heterocycles. The van der Waals surface area contributed by atoms with Crippen LogP contribution in [0.15, 0.2) is 22.7 Å². The van der Waals surface area contributed by atoms with Crippen LogP contribution in [0.5, 0.6) is 5.75 Å². The van der Waals surface area contributed by atoms with E-state index in [1.807, 2.05) is 0 Å². The van der Waals surface area contributed by atoms with Crippen molar-refractivity contribution in [2.24, 2.45) is 0 Å². The number of nitrogens with one attached hydrogen (secondary N) is 1. The molecule has 1 aliphatic carbocycles. The van der Waals surface area contributed by atoms with Gasteiger partial charge in [-0.25, -0.2) is 4.39 Å². The third-order valence-corrected chi connectivity index (χ3v) is 3.75. The van der Waals surface area contributed by atoms with Gasteiger partial charge in [-0.05, 0) is 44.0 Å². The lowest BCUT2D eigenvalue weighted by Crippen LogP contribution is -2.27. The minimum Gasteiger partial charge on any atom is -0.490 e. The Morgan fingerprint density at radius 1 is 1.33 bits per heavy atom. The number of ether oxygens (including phenoxy) is 1. The SMILES string of the molecule is Fc1ccc(Br)cc1OCCCNC1CCCC1. The minimum absolute atomic E-state index is 0.304. The summed E-state index contributed by atoms with van der Waals surface area (Å²) in [6, 6.07) is 5.44. The lowest BCUT2D eigenvalue weighted by Gasteiger charge is -2.12. The zero-order valence-electron chi connectivity index (χ0n) is 10.4. The lowest BCUT2D eigenvalue weighted by atomic mass is 10.2. The fraction of sp³-hybridized carbons (Fsp3) is 0.571. The van der Waals surface area contributed by atoms with E-state index in [2.05, 4.69) is 21.2 Å². The summed E-state index contributed by atoms with van der Waals surface area (Å²) in [4.78, 5) is 0. The third kappa shape index (κ3) is 4.25. The van der Waals surface area contributed by atoms with Gasteiger partial charge in [0, 0.05) is 10.5 Å². The molecule has 1 aromatic carbocycles. The standard InChI is InChI=1S/C14H19BrFNO/c15-11-6-7-13(16)14(10-11)18-9-3-8-17-12-4-1-2-5-12/h6-7,10,12,17H,1-5,8-9H2. The zero-order valence-corrected chi connectivity index (χ0v) is 12.0. The van der Waals surface area contributed by atoms with E-state index >= 15 is 0 Å². The summed E-state index contributed by atoms with van der Waals surface area (Å²) >= 11 is 3.30. The highest BCUT2D eigenvalue weighted by atomic mass is 79.9. The van der Waals surface area contributed by atoms with Crippen LogP contribution in [0.2, 0.25) is 0 Å². The Balaban J connectivity index is 1.64. The van der Waals surface area contributed by atoms with Crippen LogP contribution in [0.3, 0.4) is 0 Å². The molecule has 4 heteroatoms. The third-order valence-electron chi connectivity index (χ3n) is 3.26. The van der Waals surface area contributed by atoms with E-state index < -0.39 is 0 Å². The molecule has 0 bridgehead atoms. The highest BCUT2D eigenvalue weighted by Gasteiger charge is 2.13. The Hall–Kier alpha value is -0.610. The number of benzene rings is 1. The van der Waals surface area contributed by atoms with E-state index in [-0.39, 0.29) is 5.82 Å². The fourth-order valence-corrected chi connectivity index (χ4v) is 2.62. The number of rotatable bonds is 6. The van der Waals surface area contributed by atoms with Crippen molar-refractivity contribution in [1.29, 1.82) is 0 Å². The van der Waals surface area contributed by atoms with Gasteiger partial charge >= 0.3 is 0 Å². The Morgan fingerprint density at radius 3 is 2.89 bits per heavy atom. The quantitative estimate of drug-likeness (QED) is 0.804. The number of hydrogen-bond donors (Lipinski definition) is 1. The molecule has 0 unspecified atom stereocenters. The van der Waals surface area contributed by atoms with Gasteiger partial charge in [0.15, 0.2) is 11.6 Å². The Kier molecular flexibility index (Phi) is 5.45. The average Bonchev–Trinajstić information content (AvgIpc) is 2.86. The summed E-state index contributed by atoms with van der Waals surface area (Å²) in [6.45, 7) is 1.49. The van der Waals surface area contributed by atoms with E-state index in [1.165, 1.54) is 31.7 Å². The van der Waals surface area contributed by atoms with Crippen LogP contribution >= 0.6 is 15.9 Å². The van der Waals surface area contributed by atoms with Crippen molar-refractivity contribution in [3.8, 4) is 5.75 Å². The van der Waals surface area contributed by atoms with Gasteiger partial charge in [0.1, 0.15) is 0 Å². The van der Waals surface area contributed by atoms with Gasteiger partial charge < -0.3 is 10.1 Å². The maximum Gasteiger partial charge on any atom is 0.165 e. The fourth-order valence-electron chi connectivity index (χ4n) is 2.28. The van der Waals surface area contributed by atoms with Crippen LogP contribution in [0, 0.1) is 5.82 Å². The summed E-state index contributed by atoms with van der Waals surface area (Å²) in [6.07, 6.45) is 6.18. The van der Waals surface area contributed by atoms with Crippen molar-refractivity contribution in [3.05, 3.63) is 28.5 Å². The molecule has 1 N–H and O–H groups in total. The van der Waals surface area contributed by atoms with Crippen molar-refractivity contribution in [3.63, 3.8) is 0 Å². The zero-order chi connectivity index (χ0) is 12.8. The molecule has 100 valence electrons. The summed E-state index contributed by atoms with van der Waals surface area (Å²) in [7, 11) is 0. The van der Waals surface area contributed by atoms with Crippen LogP contribution in [0.1, 0.15) is 32.1 Å². The predicted octanol–water partition coefficient (Wildman–Crippen LogP) is 3.89. The number of hydrogen-bond acceptors (Lipinski definition) is 2. The molecule has 1 aliphatic rings. The predicted molar refractivity (Wildman–Crippen MR) is 74.5 cm³/mol. The topological polar surface area (TPSA) is 21.3 Å². The molecule has 0 atom stereocenters. The van der Waals surface area contributed by atoms with Crippen LogP contribution in [-0.2, 0) is 0 Å². The average molecular weight is 316 g/mol. The lowest BCUT2D eigenvalue weighted by molar-refractivity contribution is 0.290. The van der Waals surface area contributed by atoms with Crippen LogP contribution in [0.25, 0.3) is 0 Å². The molecule has 0 amide bonds. The van der Waals surface area contributed by atoms with Gasteiger partial charge in [-0.15, -0.1) is 0 Å². The first-order chi connectivity index (χ1) is 8.75. The first-order valence-electron chi connectivity index (χ1n) is 6.57. The second-order valence-electron chi connectivity index (χ2n) is 4.71. The molecule has 1 aromatic rings. The summed E-state index contributed by atoms with van der Waals surface area (Å²) in [5, 5.41) is 3.51. The van der Waals surface area contributed by atoms with Crippen molar-refractivity contribution >= 4 is 15.9 Å². The molecule has 0 radical (unpaired) electrons. The van der Waals surface area contributed by atoms with Gasteiger partial charge in [0.05, 0.1) is 6.61 Å². The van der Waals surface area contributed by atoms with E-state index in [1.54, 1.807) is 12.1 Å². The van der Waals surface area contributed by atoms with Gasteiger partial charge in [0.2, 0.25) is 0 Å². The van der Waals surface area contributed by atoms with E-state index in [9.17, 15) is 4.39 Å². The van der Waals surface area contributed by atoms with E-state index in [4.69, 9.17) is 4.74 Å². The first-order valence-corrected chi connectivity index (χ1v) is 7.36. The smallest absolute Gasteiger partial charge is 0.165 e. The first kappa shape index (κ1) is 13.8. The molecule has 1 fully saturated rings. The summed E-state index contributed by atoms with van der Waals surface area (Å²) in [5.41, 5.74) is 0. The summed E-state index contributed by atoms with van der Waals surface area (Å²) in [5.74, 6) is 0.0205. The molecule has 0 spiro atoms. The van der Waals surface area contributed by atoms with Gasteiger partial charge in [-0.1, -0.05) is 28.8 Å². The maximum absolute atomic E-state index is 13.4. The number of halogens is 2. The monoisotopic (exact) mass is 315 g/mol. The van der Waals surface area contributed by atoms with Crippen LogP contribution in [0.4, 0.5) is 4.39 Å². The van der Waals surface area contributed by atoms with Crippen molar-refractivity contribution in [1.82, 2.24) is 5.32 Å². The Labute approximate surface area is 116 Å². The van der Waals surface area contributed by atoms with Gasteiger partial charge in [-0.3, -0.25) is 0 Å². The summed E-state index contributed by atoms with van der Waals surface area (Å²) < 4.78 is 19.6. The van der Waals surface area contributed by atoms with Crippen molar-refractivity contribution < 1.29 is 9.13 Å². The molecule has 2 nitrogen and oxygen atoms in total. The Bertz CT molecular complexity index is 380. The van der Waals surface area contributed by atoms with Crippen LogP contribution < -0.4 is 10.1 Å².